The Kier molecular flexibility index (Phi) is 5.45. The van der Waals surface area contributed by atoms with Crippen LogP contribution < -0.4 is 19.5 Å². The van der Waals surface area contributed by atoms with Crippen molar-refractivity contribution in [3.8, 4) is 17.2 Å². The minimum absolute atomic E-state index is 0.277. The molecule has 0 amide bonds. The maximum Gasteiger partial charge on any atom is 0.134 e. The summed E-state index contributed by atoms with van der Waals surface area (Å²) in [7, 11) is 2.72. The molecule has 1 rings (SSSR count). The Labute approximate surface area is 137 Å². The molecule has 0 heterocycles. The minimum Gasteiger partial charge on any atom is -0.488 e. The molecule has 126 valence electrons. The standard InChI is InChI=1S/C18H31O3P/c1-16(2,3)19-12-10-13(20-17(4,5)6)15(22)14(11-12)21-18(7,8)9/h10-11H,22H2,1-9H3. The fourth-order valence-corrected chi connectivity index (χ4v) is 2.10. The lowest BCUT2D eigenvalue weighted by molar-refractivity contribution is 0.114. The van der Waals surface area contributed by atoms with Gasteiger partial charge in [0.1, 0.15) is 34.1 Å². The third-order valence-electron chi connectivity index (χ3n) is 2.33. The van der Waals surface area contributed by atoms with Gasteiger partial charge in [-0.3, -0.25) is 0 Å². The predicted octanol–water partition coefficient (Wildman–Crippen LogP) is 4.72. The fourth-order valence-electron chi connectivity index (χ4n) is 1.82. The Morgan fingerprint density at radius 2 is 0.955 bits per heavy atom. The molecule has 0 spiro atoms. The van der Waals surface area contributed by atoms with Crippen LogP contribution in [0.4, 0.5) is 0 Å². The van der Waals surface area contributed by atoms with Gasteiger partial charge in [0.05, 0.1) is 5.30 Å². The molecule has 0 N–H and O–H groups in total. The van der Waals surface area contributed by atoms with Crippen LogP contribution in [-0.4, -0.2) is 16.8 Å². The minimum atomic E-state index is -0.287. The molecule has 4 heteroatoms. The van der Waals surface area contributed by atoms with Crippen molar-refractivity contribution in [2.75, 3.05) is 0 Å². The number of ether oxygens (including phenoxy) is 3. The quantitative estimate of drug-likeness (QED) is 0.752. The van der Waals surface area contributed by atoms with E-state index in [4.69, 9.17) is 14.2 Å². The van der Waals surface area contributed by atoms with Crippen molar-refractivity contribution in [2.24, 2.45) is 0 Å². The molecule has 0 aliphatic rings. The Morgan fingerprint density at radius 3 is 1.23 bits per heavy atom. The second-order valence-electron chi connectivity index (χ2n) is 8.48. The SMILES string of the molecule is CC(C)(C)Oc1cc(OC(C)(C)C)c(P)c(OC(C)(C)C)c1. The van der Waals surface area contributed by atoms with E-state index in [1.807, 2.05) is 74.4 Å². The van der Waals surface area contributed by atoms with Gasteiger partial charge in [0.2, 0.25) is 0 Å². The first-order valence-electron chi connectivity index (χ1n) is 7.67. The summed E-state index contributed by atoms with van der Waals surface area (Å²) in [5, 5.41) is 0.908. The van der Waals surface area contributed by atoms with Gasteiger partial charge in [-0.2, -0.15) is 0 Å². The summed E-state index contributed by atoms with van der Waals surface area (Å²) < 4.78 is 18.1. The summed E-state index contributed by atoms with van der Waals surface area (Å²) >= 11 is 0. The zero-order valence-corrected chi connectivity index (χ0v) is 16.6. The highest BCUT2D eigenvalue weighted by atomic mass is 31.0. The van der Waals surface area contributed by atoms with Crippen molar-refractivity contribution < 1.29 is 14.2 Å². The molecule has 0 aliphatic heterocycles. The van der Waals surface area contributed by atoms with E-state index in [1.165, 1.54) is 0 Å². The zero-order valence-electron chi connectivity index (χ0n) is 15.5. The van der Waals surface area contributed by atoms with Crippen LogP contribution in [0.2, 0.25) is 0 Å². The number of hydrogen-bond acceptors (Lipinski definition) is 3. The van der Waals surface area contributed by atoms with Crippen LogP contribution in [0.3, 0.4) is 0 Å². The average molecular weight is 326 g/mol. The lowest BCUT2D eigenvalue weighted by Crippen LogP contribution is -2.29. The Morgan fingerprint density at radius 1 is 0.636 bits per heavy atom. The first-order chi connectivity index (χ1) is 9.66. The molecule has 0 saturated heterocycles. The van der Waals surface area contributed by atoms with Crippen LogP contribution in [0, 0.1) is 0 Å². The average Bonchev–Trinajstić information content (AvgIpc) is 2.18. The lowest BCUT2D eigenvalue weighted by atomic mass is 10.1. The van der Waals surface area contributed by atoms with Gasteiger partial charge in [0.15, 0.2) is 0 Å². The van der Waals surface area contributed by atoms with Crippen molar-refractivity contribution in [1.82, 2.24) is 0 Å². The Bertz CT molecular complexity index is 480. The third-order valence-corrected chi connectivity index (χ3v) is 2.90. The van der Waals surface area contributed by atoms with E-state index in [9.17, 15) is 0 Å². The highest BCUT2D eigenvalue weighted by Gasteiger charge is 2.22. The lowest BCUT2D eigenvalue weighted by Gasteiger charge is -2.28. The molecule has 3 nitrogen and oxygen atoms in total. The Hall–Kier alpha value is -0.950. The van der Waals surface area contributed by atoms with E-state index in [1.54, 1.807) is 0 Å². The van der Waals surface area contributed by atoms with E-state index in [0.717, 1.165) is 22.6 Å². The molecule has 1 unspecified atom stereocenters. The van der Waals surface area contributed by atoms with E-state index >= 15 is 0 Å². The van der Waals surface area contributed by atoms with Gasteiger partial charge in [0, 0.05) is 12.1 Å². The van der Waals surface area contributed by atoms with Gasteiger partial charge in [-0.1, -0.05) is 9.24 Å². The monoisotopic (exact) mass is 326 g/mol. The summed E-state index contributed by atoms with van der Waals surface area (Å²) in [4.78, 5) is 0. The fraction of sp³-hybridized carbons (Fsp3) is 0.667. The summed E-state index contributed by atoms with van der Waals surface area (Å²) in [6.07, 6.45) is 0. The zero-order chi connectivity index (χ0) is 17.3. The normalized spacial score (nSPS) is 13.0. The summed E-state index contributed by atoms with van der Waals surface area (Å²) in [6, 6.07) is 3.85. The van der Waals surface area contributed by atoms with Crippen LogP contribution in [-0.2, 0) is 0 Å². The van der Waals surface area contributed by atoms with E-state index < -0.39 is 0 Å². The predicted molar refractivity (Wildman–Crippen MR) is 96.9 cm³/mol. The highest BCUT2D eigenvalue weighted by molar-refractivity contribution is 7.28. The molecule has 1 aromatic carbocycles. The summed E-state index contributed by atoms with van der Waals surface area (Å²) in [6.45, 7) is 18.2. The van der Waals surface area contributed by atoms with E-state index in [2.05, 4.69) is 9.24 Å². The second kappa shape index (κ2) is 6.28. The molecule has 0 radical (unpaired) electrons. The molecule has 0 aromatic heterocycles. The van der Waals surface area contributed by atoms with Gasteiger partial charge in [-0.15, -0.1) is 0 Å². The van der Waals surface area contributed by atoms with Crippen LogP contribution >= 0.6 is 9.24 Å². The van der Waals surface area contributed by atoms with Gasteiger partial charge >= 0.3 is 0 Å². The molecule has 0 saturated carbocycles. The van der Waals surface area contributed by atoms with E-state index in [-0.39, 0.29) is 16.8 Å². The van der Waals surface area contributed by atoms with E-state index in [0.29, 0.717) is 0 Å². The van der Waals surface area contributed by atoms with Crippen molar-refractivity contribution in [3.63, 3.8) is 0 Å². The third kappa shape index (κ3) is 6.87. The van der Waals surface area contributed by atoms with Crippen molar-refractivity contribution in [2.45, 2.75) is 79.1 Å². The summed E-state index contributed by atoms with van der Waals surface area (Å²) in [5.41, 5.74) is -0.851. The van der Waals surface area contributed by atoms with Crippen molar-refractivity contribution in [1.29, 1.82) is 0 Å². The summed E-state index contributed by atoms with van der Waals surface area (Å²) in [5.74, 6) is 2.27. The highest BCUT2D eigenvalue weighted by Crippen LogP contribution is 2.33. The molecular weight excluding hydrogens is 295 g/mol. The first-order valence-corrected chi connectivity index (χ1v) is 8.25. The second-order valence-corrected chi connectivity index (χ2v) is 9.05. The first kappa shape index (κ1) is 19.1. The molecule has 0 aliphatic carbocycles. The molecule has 22 heavy (non-hydrogen) atoms. The molecule has 1 atom stereocenters. The van der Waals surface area contributed by atoms with Crippen LogP contribution in [0.1, 0.15) is 62.3 Å². The maximum atomic E-state index is 6.06. The topological polar surface area (TPSA) is 27.7 Å². The van der Waals surface area contributed by atoms with Crippen molar-refractivity contribution >= 4 is 14.5 Å². The Balaban J connectivity index is 3.30. The smallest absolute Gasteiger partial charge is 0.134 e. The molecule has 1 aromatic rings. The van der Waals surface area contributed by atoms with Crippen LogP contribution in [0.15, 0.2) is 12.1 Å². The van der Waals surface area contributed by atoms with Gasteiger partial charge in [-0.25, -0.2) is 0 Å². The molecule has 0 fully saturated rings. The number of hydrogen-bond donors (Lipinski definition) is 0. The van der Waals surface area contributed by atoms with Gasteiger partial charge in [0.25, 0.3) is 0 Å². The molecular formula is C18H31O3P. The largest absolute Gasteiger partial charge is 0.488 e. The van der Waals surface area contributed by atoms with Crippen LogP contribution in [0.25, 0.3) is 0 Å². The number of benzene rings is 1. The number of rotatable bonds is 3. The van der Waals surface area contributed by atoms with Gasteiger partial charge in [-0.05, 0) is 62.3 Å². The molecule has 0 bridgehead atoms. The maximum absolute atomic E-state index is 6.06. The van der Waals surface area contributed by atoms with Crippen LogP contribution in [0.5, 0.6) is 17.2 Å². The van der Waals surface area contributed by atoms with Gasteiger partial charge < -0.3 is 14.2 Å². The van der Waals surface area contributed by atoms with Crippen molar-refractivity contribution in [3.05, 3.63) is 12.1 Å².